The maximum atomic E-state index is 13.9. The van der Waals surface area contributed by atoms with E-state index in [1.807, 2.05) is 133 Å². The molecule has 24 heteroatoms. The zero-order chi connectivity index (χ0) is 74.3. The molecule has 8 aromatic carbocycles. The van der Waals surface area contributed by atoms with Crippen LogP contribution >= 0.6 is 0 Å². The van der Waals surface area contributed by atoms with E-state index in [2.05, 4.69) is 25.1 Å². The number of methoxy groups -OCH3 is 4. The number of benzene rings is 8. The average Bonchev–Trinajstić information content (AvgIpc) is 1.62. The van der Waals surface area contributed by atoms with E-state index in [9.17, 15) is 44.1 Å². The summed E-state index contributed by atoms with van der Waals surface area (Å²) in [7, 11) is 5.86. The number of nitrogens with zero attached hydrogens (tertiary/aromatic N) is 5. The van der Waals surface area contributed by atoms with Crippen LogP contribution in [0.25, 0.3) is 0 Å². The highest BCUT2D eigenvalue weighted by atomic mass is 16.6. The smallest absolute Gasteiger partial charge is 0.416 e. The van der Waals surface area contributed by atoms with Crippen LogP contribution in [-0.4, -0.2) is 151 Å². The van der Waals surface area contributed by atoms with Gasteiger partial charge in [-0.2, -0.15) is 0 Å². The first-order valence-electron chi connectivity index (χ1n) is 33.9. The molecule has 13 rings (SSSR count). The monoisotopic (exact) mass is 1430 g/mol. The lowest BCUT2D eigenvalue weighted by Gasteiger charge is -2.41. The standard InChI is InChI=1S/C29H28N2O6.C29H30N2O6.C23H24N2O6/c1-3-13-36-29(34)31-23-16-26(37-18-19-9-5-4-6-10-19)25(35-2)15-22(23)27(32)30-17-21-12-8-7-11-20(21)14-24(30)28(31)33;1-3-13-36-29(34)30-25-16-27(37-19-20-9-5-4-6-10-20)26(35-2)15-24(25)28(33)31-17-22-12-8-7-11-21(22)14-23(31)18-32;1-4-9-31-23(28)25-17-12-19(26)20(29-2)11-16(17)21(27)24-13-15-8-6-5-7-14(15)10-18(24)22(25)30-3/h3-12,15-16,24,28,33H,1,13-14,17-18H2,2H3;3-12,15-16,23,32H,1,13-14,17-19H2,2H3,(H,30,34);4-8,11-12,18,22,26H,1,9-10,13H2,2-3H3/t24-,28?;23-;18-,22?/m000/s1. The SMILES string of the molecule is C=CCOC(=O)N1c2cc(O)c(OC)cc2C(=O)N2Cc3ccccc3C[C@H]2C1OC.C=CCOC(=O)N1c2cc(OCc3ccccc3)c(OC)cc2C(=O)N2Cc3ccccc3C[C@H]2C1O.C=CCOC(=O)Nc1cc(OCc2ccccc2)c(OC)cc1C(=O)N1Cc2ccccc2C[C@H]1CO. The van der Waals surface area contributed by atoms with Gasteiger partial charge in [-0.1, -0.05) is 171 Å². The summed E-state index contributed by atoms with van der Waals surface area (Å²) in [6, 6.07) is 50.1. The number of phenols is 1. The van der Waals surface area contributed by atoms with Gasteiger partial charge in [0.1, 0.15) is 33.0 Å². The molecule has 0 aliphatic carbocycles. The molecule has 105 heavy (non-hydrogen) atoms. The van der Waals surface area contributed by atoms with Crippen molar-refractivity contribution in [2.75, 3.05) is 70.0 Å². The number of aliphatic hydroxyl groups is 2. The molecule has 0 fully saturated rings. The normalized spacial score (nSPS) is 17.2. The predicted molar refractivity (Wildman–Crippen MR) is 391 cm³/mol. The molecule has 544 valence electrons. The van der Waals surface area contributed by atoms with Crippen molar-refractivity contribution in [3.63, 3.8) is 0 Å². The summed E-state index contributed by atoms with van der Waals surface area (Å²) in [4.78, 5) is 87.5. The Morgan fingerprint density at radius 1 is 0.514 bits per heavy atom. The van der Waals surface area contributed by atoms with Crippen LogP contribution in [0, 0.1) is 0 Å². The first-order valence-corrected chi connectivity index (χ1v) is 33.9. The second kappa shape index (κ2) is 34.2. The summed E-state index contributed by atoms with van der Waals surface area (Å²) in [5.41, 5.74) is 9.34. The Kier molecular flexibility index (Phi) is 24.2. The largest absolute Gasteiger partial charge is 0.504 e. The molecule has 5 atom stereocenters. The fraction of sp³-hybridized carbons (Fsp3) is 0.259. The molecule has 4 N–H and O–H groups in total. The molecule has 0 saturated carbocycles. The minimum atomic E-state index is -1.36. The molecular formula is C81H82N6O18. The topological polar surface area (TPSA) is 274 Å². The number of anilines is 3. The van der Waals surface area contributed by atoms with E-state index >= 15 is 0 Å². The highest BCUT2D eigenvalue weighted by Crippen LogP contribution is 2.45. The second-order valence-electron chi connectivity index (χ2n) is 24.9. The summed E-state index contributed by atoms with van der Waals surface area (Å²) in [5.74, 6) is 0.328. The molecule has 5 heterocycles. The number of hydrogen-bond donors (Lipinski definition) is 4. The molecule has 0 saturated heterocycles. The Hall–Kier alpha value is -12.1. The van der Waals surface area contributed by atoms with E-state index < -0.39 is 48.9 Å². The lowest BCUT2D eigenvalue weighted by Crippen LogP contribution is -2.56. The van der Waals surface area contributed by atoms with Gasteiger partial charge in [0.15, 0.2) is 47.0 Å². The van der Waals surface area contributed by atoms with E-state index in [1.54, 1.807) is 39.0 Å². The molecule has 5 aliphatic heterocycles. The molecule has 0 aromatic heterocycles. The van der Waals surface area contributed by atoms with Crippen LogP contribution in [0.1, 0.15) is 75.6 Å². The number of ether oxygens (including phenoxy) is 9. The van der Waals surface area contributed by atoms with Gasteiger partial charge >= 0.3 is 18.3 Å². The van der Waals surface area contributed by atoms with Crippen molar-refractivity contribution < 1.29 is 86.7 Å². The third-order valence-corrected chi connectivity index (χ3v) is 18.5. The van der Waals surface area contributed by atoms with Crippen molar-refractivity contribution in [1.29, 1.82) is 0 Å². The maximum absolute atomic E-state index is 13.9. The van der Waals surface area contributed by atoms with Crippen molar-refractivity contribution in [1.82, 2.24) is 14.7 Å². The number of hydrogen-bond acceptors (Lipinski definition) is 18. The van der Waals surface area contributed by atoms with Crippen molar-refractivity contribution in [2.24, 2.45) is 0 Å². The fourth-order valence-corrected chi connectivity index (χ4v) is 13.4. The van der Waals surface area contributed by atoms with Crippen molar-refractivity contribution in [3.05, 3.63) is 269 Å². The zero-order valence-electron chi connectivity index (χ0n) is 58.6. The summed E-state index contributed by atoms with van der Waals surface area (Å²) < 4.78 is 49.8. The number of aromatic hydroxyl groups is 1. The number of carbonyl (C=O) groups excluding carboxylic acids is 6. The van der Waals surface area contributed by atoms with E-state index in [0.717, 1.165) is 49.4 Å². The Morgan fingerprint density at radius 2 is 0.962 bits per heavy atom. The highest BCUT2D eigenvalue weighted by Gasteiger charge is 2.48. The minimum Gasteiger partial charge on any atom is -0.504 e. The summed E-state index contributed by atoms with van der Waals surface area (Å²) >= 11 is 0. The Labute approximate surface area is 608 Å². The Bertz CT molecular complexity index is 4510. The predicted octanol–water partition coefficient (Wildman–Crippen LogP) is 12.0. The average molecular weight is 1430 g/mol. The molecule has 0 radical (unpaired) electrons. The van der Waals surface area contributed by atoms with Gasteiger partial charge in [0.2, 0.25) is 0 Å². The van der Waals surface area contributed by atoms with Crippen LogP contribution in [-0.2, 0) is 71.1 Å². The van der Waals surface area contributed by atoms with Crippen LogP contribution in [0.2, 0.25) is 0 Å². The number of fused-ring (bicyclic) bond motifs is 7. The van der Waals surface area contributed by atoms with Gasteiger partial charge in [-0.25, -0.2) is 24.2 Å². The van der Waals surface area contributed by atoms with Gasteiger partial charge in [0.05, 0.1) is 79.8 Å². The first-order chi connectivity index (χ1) is 51.0. The second-order valence-corrected chi connectivity index (χ2v) is 24.9. The van der Waals surface area contributed by atoms with E-state index in [4.69, 9.17) is 42.6 Å². The molecule has 2 unspecified atom stereocenters. The fourth-order valence-electron chi connectivity index (χ4n) is 13.4. The minimum absolute atomic E-state index is 0.00556. The van der Waals surface area contributed by atoms with E-state index in [0.29, 0.717) is 61.9 Å². The molecule has 5 aliphatic rings. The highest BCUT2D eigenvalue weighted by molar-refractivity contribution is 6.08. The third-order valence-electron chi connectivity index (χ3n) is 18.5. The molecule has 8 aromatic rings. The lowest BCUT2D eigenvalue weighted by atomic mass is 9.92. The van der Waals surface area contributed by atoms with Crippen molar-refractivity contribution in [2.45, 2.75) is 82.7 Å². The van der Waals surface area contributed by atoms with Gasteiger partial charge < -0.3 is 72.7 Å². The Morgan fingerprint density at radius 3 is 1.49 bits per heavy atom. The molecular weight excluding hydrogens is 1340 g/mol. The summed E-state index contributed by atoms with van der Waals surface area (Å²) in [6.45, 7) is 12.0. The first kappa shape index (κ1) is 74.1. The number of aliphatic hydroxyl groups excluding tert-OH is 2. The summed E-state index contributed by atoms with van der Waals surface area (Å²) in [6.07, 6.45) is 1.35. The number of rotatable bonds is 19. The quantitative estimate of drug-likeness (QED) is 0.0432. The van der Waals surface area contributed by atoms with Crippen LogP contribution in [0.4, 0.5) is 31.4 Å². The van der Waals surface area contributed by atoms with E-state index in [1.165, 1.54) is 63.7 Å². The summed E-state index contributed by atoms with van der Waals surface area (Å²) in [5, 5.41) is 34.7. The molecule has 0 bridgehead atoms. The molecule has 24 nitrogen and oxygen atoms in total. The molecule has 0 spiro atoms. The molecule has 6 amide bonds. The van der Waals surface area contributed by atoms with Gasteiger partial charge in [0, 0.05) is 44.9 Å². The van der Waals surface area contributed by atoms with Gasteiger partial charge in [-0.05, 0) is 82.0 Å². The Balaban J connectivity index is 0.000000158. The van der Waals surface area contributed by atoms with Crippen LogP contribution in [0.5, 0.6) is 34.5 Å². The van der Waals surface area contributed by atoms with Crippen molar-refractivity contribution in [3.8, 4) is 34.5 Å². The van der Waals surface area contributed by atoms with Crippen LogP contribution in [0.3, 0.4) is 0 Å². The van der Waals surface area contributed by atoms with E-state index in [-0.39, 0.29) is 103 Å². The lowest BCUT2D eigenvalue weighted by molar-refractivity contribution is 0.00854. The number of phenolic OH excluding ortho intramolecular Hbond substituents is 1. The van der Waals surface area contributed by atoms with Gasteiger partial charge in [0.25, 0.3) is 17.7 Å². The number of carbonyl (C=O) groups is 6. The number of nitrogens with one attached hydrogen (secondary N) is 1. The zero-order valence-corrected chi connectivity index (χ0v) is 58.6. The van der Waals surface area contributed by atoms with Gasteiger partial charge in [-0.15, -0.1) is 0 Å². The van der Waals surface area contributed by atoms with Gasteiger partial charge in [-0.3, -0.25) is 19.7 Å². The van der Waals surface area contributed by atoms with Crippen molar-refractivity contribution >= 4 is 53.1 Å². The van der Waals surface area contributed by atoms with Crippen LogP contribution in [0.15, 0.2) is 208 Å². The maximum Gasteiger partial charge on any atom is 0.416 e. The van der Waals surface area contributed by atoms with Crippen LogP contribution < -0.4 is 38.8 Å². The number of amides is 6. The third kappa shape index (κ3) is 16.4.